The number of aromatic nitrogens is 1. The van der Waals surface area contributed by atoms with Crippen molar-refractivity contribution in [3.05, 3.63) is 70.8 Å². The molecule has 0 unspecified atom stereocenters. The summed E-state index contributed by atoms with van der Waals surface area (Å²) in [6, 6.07) is 9.51. The van der Waals surface area contributed by atoms with Gasteiger partial charge >= 0.3 is 0 Å². The molecule has 0 spiro atoms. The van der Waals surface area contributed by atoms with Crippen LogP contribution in [0.5, 0.6) is 0 Å². The minimum Gasteiger partial charge on any atom is -0.464 e. The van der Waals surface area contributed by atoms with Crippen molar-refractivity contribution in [1.82, 2.24) is 4.98 Å². The second kappa shape index (κ2) is 4.97. The van der Waals surface area contributed by atoms with Crippen molar-refractivity contribution in [1.29, 1.82) is 0 Å². The third-order valence-corrected chi connectivity index (χ3v) is 2.86. The number of hydrogen-bond donors (Lipinski definition) is 1. The van der Waals surface area contributed by atoms with Crippen molar-refractivity contribution in [2.75, 3.05) is 5.32 Å². The highest BCUT2D eigenvalue weighted by atomic mass is 16.3. The van der Waals surface area contributed by atoms with E-state index in [1.54, 1.807) is 42.7 Å². The highest BCUT2D eigenvalue weighted by Crippen LogP contribution is 2.16. The number of carbonyl (C=O) groups is 1. The summed E-state index contributed by atoms with van der Waals surface area (Å²) < 4.78 is 5.22. The standard InChI is InChI=1S/C15H10N2O3/c18-13-5-8-20-14-2-1-11(9-12(13)14)17-15(19)10-3-6-16-7-4-10/h1-9H,(H,17,19). The zero-order chi connectivity index (χ0) is 13.9. The molecule has 0 aliphatic carbocycles. The van der Waals surface area contributed by atoms with Crippen molar-refractivity contribution in [3.63, 3.8) is 0 Å². The van der Waals surface area contributed by atoms with Gasteiger partial charge in [-0.1, -0.05) is 0 Å². The number of pyridine rings is 1. The van der Waals surface area contributed by atoms with Gasteiger partial charge in [-0.2, -0.15) is 0 Å². The van der Waals surface area contributed by atoms with Crippen molar-refractivity contribution >= 4 is 22.6 Å². The first-order valence-electron chi connectivity index (χ1n) is 5.97. The van der Waals surface area contributed by atoms with Gasteiger partial charge in [-0.3, -0.25) is 14.6 Å². The fourth-order valence-electron chi connectivity index (χ4n) is 1.87. The van der Waals surface area contributed by atoms with Crippen LogP contribution in [0.1, 0.15) is 10.4 Å². The van der Waals surface area contributed by atoms with Crippen LogP contribution in [-0.4, -0.2) is 10.9 Å². The number of anilines is 1. The second-order valence-electron chi connectivity index (χ2n) is 4.19. The van der Waals surface area contributed by atoms with E-state index in [1.165, 1.54) is 12.3 Å². The Morgan fingerprint density at radius 1 is 1.10 bits per heavy atom. The Labute approximate surface area is 113 Å². The first-order valence-corrected chi connectivity index (χ1v) is 5.97. The lowest BCUT2D eigenvalue weighted by atomic mass is 10.2. The maximum atomic E-state index is 12.0. The molecule has 0 fully saturated rings. The van der Waals surface area contributed by atoms with E-state index in [2.05, 4.69) is 10.3 Å². The molecule has 3 aromatic rings. The maximum Gasteiger partial charge on any atom is 0.255 e. The molecule has 1 N–H and O–H groups in total. The van der Waals surface area contributed by atoms with Gasteiger partial charge in [0.15, 0.2) is 5.43 Å². The van der Waals surface area contributed by atoms with Gasteiger partial charge in [0.2, 0.25) is 0 Å². The second-order valence-corrected chi connectivity index (χ2v) is 4.19. The summed E-state index contributed by atoms with van der Waals surface area (Å²) in [5.41, 5.74) is 1.38. The van der Waals surface area contributed by atoms with E-state index in [4.69, 9.17) is 4.42 Å². The summed E-state index contributed by atoms with van der Waals surface area (Å²) in [7, 11) is 0. The Kier molecular flexibility index (Phi) is 3.01. The van der Waals surface area contributed by atoms with E-state index in [-0.39, 0.29) is 11.3 Å². The van der Waals surface area contributed by atoms with Crippen LogP contribution < -0.4 is 10.7 Å². The van der Waals surface area contributed by atoms with Gasteiger partial charge in [0.25, 0.3) is 5.91 Å². The van der Waals surface area contributed by atoms with Crippen LogP contribution in [0, 0.1) is 0 Å². The molecule has 0 bridgehead atoms. The zero-order valence-electron chi connectivity index (χ0n) is 10.4. The maximum absolute atomic E-state index is 12.0. The molecule has 5 nitrogen and oxygen atoms in total. The number of nitrogens with zero attached hydrogens (tertiary/aromatic N) is 1. The van der Waals surface area contributed by atoms with E-state index in [9.17, 15) is 9.59 Å². The molecule has 0 aliphatic heterocycles. The van der Waals surface area contributed by atoms with Gasteiger partial charge in [0.05, 0.1) is 11.6 Å². The van der Waals surface area contributed by atoms with Crippen LogP contribution in [0.15, 0.2) is 64.3 Å². The predicted octanol–water partition coefficient (Wildman–Crippen LogP) is 2.44. The van der Waals surface area contributed by atoms with Gasteiger partial charge < -0.3 is 9.73 Å². The summed E-state index contributed by atoms with van der Waals surface area (Å²) in [5, 5.41) is 3.16. The van der Waals surface area contributed by atoms with Crippen molar-refractivity contribution in [3.8, 4) is 0 Å². The molecular formula is C15H10N2O3. The smallest absolute Gasteiger partial charge is 0.255 e. The number of fused-ring (bicyclic) bond motifs is 1. The Bertz CT molecular complexity index is 825. The molecule has 0 saturated heterocycles. The van der Waals surface area contributed by atoms with E-state index in [0.29, 0.717) is 22.2 Å². The first kappa shape index (κ1) is 12.1. The number of rotatable bonds is 2. The summed E-state index contributed by atoms with van der Waals surface area (Å²) in [6.45, 7) is 0. The number of nitrogens with one attached hydrogen (secondary N) is 1. The first-order chi connectivity index (χ1) is 9.74. The van der Waals surface area contributed by atoms with Gasteiger partial charge in [0.1, 0.15) is 5.58 Å². The molecule has 0 aliphatic rings. The average Bonchev–Trinajstić information content (AvgIpc) is 2.49. The average molecular weight is 266 g/mol. The van der Waals surface area contributed by atoms with Gasteiger partial charge in [0, 0.05) is 29.7 Å². The quantitative estimate of drug-likeness (QED) is 0.773. The minimum atomic E-state index is -0.257. The largest absolute Gasteiger partial charge is 0.464 e. The molecule has 1 aromatic carbocycles. The monoisotopic (exact) mass is 266 g/mol. The zero-order valence-corrected chi connectivity index (χ0v) is 10.4. The lowest BCUT2D eigenvalue weighted by molar-refractivity contribution is 0.102. The minimum absolute atomic E-state index is 0.147. The molecule has 2 aromatic heterocycles. The molecule has 0 atom stereocenters. The Morgan fingerprint density at radius 3 is 2.70 bits per heavy atom. The Hall–Kier alpha value is -2.95. The normalized spacial score (nSPS) is 10.4. The summed E-state index contributed by atoms with van der Waals surface area (Å²) in [6.07, 6.45) is 4.44. The summed E-state index contributed by atoms with van der Waals surface area (Å²) in [4.78, 5) is 27.6. The van der Waals surface area contributed by atoms with Crippen LogP contribution in [0.4, 0.5) is 5.69 Å². The molecule has 20 heavy (non-hydrogen) atoms. The number of benzene rings is 1. The van der Waals surface area contributed by atoms with E-state index in [1.807, 2.05) is 0 Å². The SMILES string of the molecule is O=C(Nc1ccc2occc(=O)c2c1)c1ccncc1. The van der Waals surface area contributed by atoms with E-state index in [0.717, 1.165) is 0 Å². The fourth-order valence-corrected chi connectivity index (χ4v) is 1.87. The van der Waals surface area contributed by atoms with Crippen molar-refractivity contribution in [2.45, 2.75) is 0 Å². The van der Waals surface area contributed by atoms with Gasteiger partial charge in [-0.05, 0) is 30.3 Å². The molecule has 2 heterocycles. The predicted molar refractivity (Wildman–Crippen MR) is 74.7 cm³/mol. The molecule has 0 saturated carbocycles. The van der Waals surface area contributed by atoms with E-state index >= 15 is 0 Å². The van der Waals surface area contributed by atoms with Crippen molar-refractivity contribution < 1.29 is 9.21 Å². The van der Waals surface area contributed by atoms with Crippen LogP contribution in [0.25, 0.3) is 11.0 Å². The van der Waals surface area contributed by atoms with Crippen LogP contribution >= 0.6 is 0 Å². The fraction of sp³-hybridized carbons (Fsp3) is 0. The Balaban J connectivity index is 1.94. The molecule has 1 amide bonds. The summed E-state index contributed by atoms with van der Waals surface area (Å²) >= 11 is 0. The summed E-state index contributed by atoms with van der Waals surface area (Å²) in [5.74, 6) is -0.257. The number of hydrogen-bond acceptors (Lipinski definition) is 4. The molecule has 0 radical (unpaired) electrons. The highest BCUT2D eigenvalue weighted by molar-refractivity contribution is 6.04. The third-order valence-electron chi connectivity index (χ3n) is 2.86. The van der Waals surface area contributed by atoms with Crippen LogP contribution in [0.2, 0.25) is 0 Å². The lowest BCUT2D eigenvalue weighted by Gasteiger charge is -2.05. The van der Waals surface area contributed by atoms with Gasteiger partial charge in [-0.15, -0.1) is 0 Å². The molecule has 3 rings (SSSR count). The number of carbonyl (C=O) groups excluding carboxylic acids is 1. The van der Waals surface area contributed by atoms with Crippen molar-refractivity contribution in [2.24, 2.45) is 0 Å². The van der Waals surface area contributed by atoms with Crippen LogP contribution in [-0.2, 0) is 0 Å². The lowest BCUT2D eigenvalue weighted by Crippen LogP contribution is -2.12. The molecule has 98 valence electrons. The van der Waals surface area contributed by atoms with Gasteiger partial charge in [-0.25, -0.2) is 0 Å². The topological polar surface area (TPSA) is 72.2 Å². The third kappa shape index (κ3) is 2.29. The van der Waals surface area contributed by atoms with E-state index < -0.39 is 0 Å². The highest BCUT2D eigenvalue weighted by Gasteiger charge is 2.07. The molecular weight excluding hydrogens is 256 g/mol. The Morgan fingerprint density at radius 2 is 1.90 bits per heavy atom. The van der Waals surface area contributed by atoms with Crippen LogP contribution in [0.3, 0.4) is 0 Å². The molecule has 5 heteroatoms. The number of amides is 1.